The van der Waals surface area contributed by atoms with Gasteiger partial charge < -0.3 is 20.5 Å². The lowest BCUT2D eigenvalue weighted by molar-refractivity contribution is -0.122. The molecule has 0 aliphatic carbocycles. The van der Waals surface area contributed by atoms with E-state index in [1.54, 1.807) is 21.1 Å². The maximum atomic E-state index is 11.4. The normalized spacial score (nSPS) is 13.7. The van der Waals surface area contributed by atoms with Crippen LogP contribution < -0.4 is 15.4 Å². The fraction of sp³-hybridized carbons (Fsp3) is 0.500. The number of likely N-dealkylation sites (N-methyl/N-ethyl adjacent to an activating group) is 1. The van der Waals surface area contributed by atoms with E-state index in [9.17, 15) is 9.90 Å². The minimum absolute atomic E-state index is 0.108. The molecule has 19 heavy (non-hydrogen) atoms. The number of aryl methyl sites for hydroxylation is 1. The molecule has 0 saturated heterocycles. The van der Waals surface area contributed by atoms with Crippen LogP contribution in [-0.2, 0) is 4.79 Å². The Balaban J connectivity index is 2.70. The summed E-state index contributed by atoms with van der Waals surface area (Å²) in [5.74, 6) is 0.538. The molecule has 1 amide bonds. The van der Waals surface area contributed by atoms with E-state index < -0.39 is 6.10 Å². The summed E-state index contributed by atoms with van der Waals surface area (Å²) in [5.41, 5.74) is 1.77. The average Bonchev–Trinajstić information content (AvgIpc) is 2.43. The van der Waals surface area contributed by atoms with Crippen molar-refractivity contribution in [3.63, 3.8) is 0 Å². The van der Waals surface area contributed by atoms with Crippen LogP contribution >= 0.6 is 0 Å². The lowest BCUT2D eigenvalue weighted by Gasteiger charge is -2.18. The second kappa shape index (κ2) is 7.11. The Labute approximate surface area is 114 Å². The number of aliphatic hydroxyl groups is 1. The summed E-state index contributed by atoms with van der Waals surface area (Å²) < 4.78 is 5.23. The fourth-order valence-electron chi connectivity index (χ4n) is 1.82. The lowest BCUT2D eigenvalue weighted by Crippen LogP contribution is -2.42. The van der Waals surface area contributed by atoms with Gasteiger partial charge in [-0.2, -0.15) is 0 Å². The van der Waals surface area contributed by atoms with Crippen molar-refractivity contribution in [3.8, 4) is 5.75 Å². The number of carbonyl (C=O) groups excluding carboxylic acids is 1. The van der Waals surface area contributed by atoms with Crippen LogP contribution in [0.2, 0.25) is 0 Å². The number of hydrogen-bond donors (Lipinski definition) is 3. The standard InChI is InChI=1S/C14H22N2O3/c1-9-5-6-13(19-4)11(7-9)12(17)8-16-10(2)14(18)15-3/h5-7,10,12,16-17H,8H2,1-4H3,(H,15,18). The molecule has 5 nitrogen and oxygen atoms in total. The van der Waals surface area contributed by atoms with Gasteiger partial charge in [-0.25, -0.2) is 0 Å². The maximum Gasteiger partial charge on any atom is 0.236 e. The topological polar surface area (TPSA) is 70.6 Å². The van der Waals surface area contributed by atoms with Crippen molar-refractivity contribution >= 4 is 5.91 Å². The molecule has 1 rings (SSSR count). The molecule has 106 valence electrons. The number of amides is 1. The first-order valence-corrected chi connectivity index (χ1v) is 6.27. The first-order chi connectivity index (χ1) is 8.99. The van der Waals surface area contributed by atoms with E-state index in [1.807, 2.05) is 25.1 Å². The van der Waals surface area contributed by atoms with E-state index in [1.165, 1.54) is 0 Å². The van der Waals surface area contributed by atoms with E-state index in [0.717, 1.165) is 11.1 Å². The summed E-state index contributed by atoms with van der Waals surface area (Å²) in [5, 5.41) is 15.7. The molecule has 0 aliphatic heterocycles. The zero-order chi connectivity index (χ0) is 14.4. The molecule has 1 aromatic carbocycles. The van der Waals surface area contributed by atoms with Gasteiger partial charge in [-0.3, -0.25) is 4.79 Å². The highest BCUT2D eigenvalue weighted by molar-refractivity contribution is 5.80. The van der Waals surface area contributed by atoms with Gasteiger partial charge in [0.15, 0.2) is 0 Å². The first-order valence-electron chi connectivity index (χ1n) is 6.27. The zero-order valence-electron chi connectivity index (χ0n) is 11.9. The highest BCUT2D eigenvalue weighted by Gasteiger charge is 2.16. The number of benzene rings is 1. The second-order valence-corrected chi connectivity index (χ2v) is 4.51. The van der Waals surface area contributed by atoms with E-state index in [-0.39, 0.29) is 18.5 Å². The molecule has 0 radical (unpaired) electrons. The summed E-state index contributed by atoms with van der Waals surface area (Å²) in [6.45, 7) is 3.99. The largest absolute Gasteiger partial charge is 0.496 e. The van der Waals surface area contributed by atoms with Crippen LogP contribution in [-0.4, -0.2) is 37.8 Å². The van der Waals surface area contributed by atoms with Crippen LogP contribution in [0.3, 0.4) is 0 Å². The maximum absolute atomic E-state index is 11.4. The minimum atomic E-state index is -0.720. The van der Waals surface area contributed by atoms with Gasteiger partial charge in [-0.15, -0.1) is 0 Å². The van der Waals surface area contributed by atoms with Crippen molar-refractivity contribution < 1.29 is 14.6 Å². The summed E-state index contributed by atoms with van der Waals surface area (Å²) in [6, 6.07) is 5.29. The monoisotopic (exact) mass is 266 g/mol. The van der Waals surface area contributed by atoms with E-state index in [0.29, 0.717) is 5.75 Å². The van der Waals surface area contributed by atoms with Crippen LogP contribution in [0.25, 0.3) is 0 Å². The summed E-state index contributed by atoms with van der Waals surface area (Å²) in [7, 11) is 3.15. The van der Waals surface area contributed by atoms with Crippen LogP contribution in [0.5, 0.6) is 5.75 Å². The third-order valence-corrected chi connectivity index (χ3v) is 3.00. The Bertz CT molecular complexity index is 435. The lowest BCUT2D eigenvalue weighted by atomic mass is 10.0. The van der Waals surface area contributed by atoms with E-state index in [2.05, 4.69) is 10.6 Å². The molecule has 5 heteroatoms. The fourth-order valence-corrected chi connectivity index (χ4v) is 1.82. The van der Waals surface area contributed by atoms with E-state index >= 15 is 0 Å². The number of rotatable bonds is 6. The zero-order valence-corrected chi connectivity index (χ0v) is 11.9. The molecular weight excluding hydrogens is 244 g/mol. The molecule has 1 aromatic rings. The molecule has 0 aliphatic rings. The Morgan fingerprint density at radius 2 is 2.16 bits per heavy atom. The smallest absolute Gasteiger partial charge is 0.236 e. The predicted octanol–water partition coefficient (Wildman–Crippen LogP) is 0.761. The Morgan fingerprint density at radius 1 is 1.47 bits per heavy atom. The van der Waals surface area contributed by atoms with Crippen molar-refractivity contribution in [3.05, 3.63) is 29.3 Å². The predicted molar refractivity (Wildman–Crippen MR) is 74.2 cm³/mol. The van der Waals surface area contributed by atoms with Crippen molar-refractivity contribution in [2.75, 3.05) is 20.7 Å². The van der Waals surface area contributed by atoms with Crippen LogP contribution in [0.1, 0.15) is 24.2 Å². The number of hydrogen-bond acceptors (Lipinski definition) is 4. The Kier molecular flexibility index (Phi) is 5.79. The molecule has 3 N–H and O–H groups in total. The van der Waals surface area contributed by atoms with Crippen LogP contribution in [0.4, 0.5) is 0 Å². The highest BCUT2D eigenvalue weighted by Crippen LogP contribution is 2.25. The molecule has 0 bridgehead atoms. The Morgan fingerprint density at radius 3 is 2.74 bits per heavy atom. The average molecular weight is 266 g/mol. The van der Waals surface area contributed by atoms with Crippen molar-refractivity contribution in [1.82, 2.24) is 10.6 Å². The van der Waals surface area contributed by atoms with Gasteiger partial charge in [0.2, 0.25) is 5.91 Å². The number of ether oxygens (including phenoxy) is 1. The number of methoxy groups -OCH3 is 1. The SMILES string of the molecule is CNC(=O)C(C)NCC(O)c1cc(C)ccc1OC. The highest BCUT2D eigenvalue weighted by atomic mass is 16.5. The van der Waals surface area contributed by atoms with Crippen molar-refractivity contribution in [1.29, 1.82) is 0 Å². The van der Waals surface area contributed by atoms with Crippen molar-refractivity contribution in [2.45, 2.75) is 26.0 Å². The summed E-state index contributed by atoms with van der Waals surface area (Å²) >= 11 is 0. The molecule has 0 fully saturated rings. The number of carbonyl (C=O) groups is 1. The summed E-state index contributed by atoms with van der Waals surface area (Å²) in [4.78, 5) is 11.4. The molecule has 2 atom stereocenters. The van der Waals surface area contributed by atoms with Gasteiger partial charge in [0.1, 0.15) is 5.75 Å². The van der Waals surface area contributed by atoms with Crippen LogP contribution in [0, 0.1) is 6.92 Å². The van der Waals surface area contributed by atoms with Crippen molar-refractivity contribution in [2.24, 2.45) is 0 Å². The van der Waals surface area contributed by atoms with Gasteiger partial charge in [0.05, 0.1) is 19.3 Å². The summed E-state index contributed by atoms with van der Waals surface area (Å²) in [6.07, 6.45) is -0.720. The van der Waals surface area contributed by atoms with Gasteiger partial charge in [0.25, 0.3) is 0 Å². The third kappa shape index (κ3) is 4.22. The molecule has 0 saturated carbocycles. The molecule has 2 unspecified atom stereocenters. The number of aliphatic hydroxyl groups excluding tert-OH is 1. The van der Waals surface area contributed by atoms with Gasteiger partial charge in [-0.1, -0.05) is 11.6 Å². The Hall–Kier alpha value is -1.59. The van der Waals surface area contributed by atoms with Gasteiger partial charge in [-0.05, 0) is 26.0 Å². The van der Waals surface area contributed by atoms with E-state index in [4.69, 9.17) is 4.74 Å². The quantitative estimate of drug-likeness (QED) is 0.711. The molecule has 0 heterocycles. The molecular formula is C14H22N2O3. The second-order valence-electron chi connectivity index (χ2n) is 4.51. The number of nitrogens with one attached hydrogen (secondary N) is 2. The third-order valence-electron chi connectivity index (χ3n) is 3.00. The minimum Gasteiger partial charge on any atom is -0.496 e. The van der Waals surface area contributed by atoms with Gasteiger partial charge >= 0.3 is 0 Å². The first kappa shape index (κ1) is 15.5. The molecule has 0 spiro atoms. The molecule has 0 aromatic heterocycles. The van der Waals surface area contributed by atoms with Gasteiger partial charge in [0, 0.05) is 19.2 Å². The van der Waals surface area contributed by atoms with Crippen LogP contribution in [0.15, 0.2) is 18.2 Å².